The number of aliphatic carboxylic acids is 1. The van der Waals surface area contributed by atoms with E-state index in [1.165, 1.54) is 16.1 Å². The van der Waals surface area contributed by atoms with Crippen LogP contribution >= 0.6 is 11.3 Å². The van der Waals surface area contributed by atoms with Crippen LogP contribution in [0.2, 0.25) is 0 Å². The lowest BCUT2D eigenvalue weighted by molar-refractivity contribution is -0.306. The number of carbonyl (C=O) groups excluding carboxylic acids is 1. The Morgan fingerprint density at radius 3 is 3.13 bits per heavy atom. The summed E-state index contributed by atoms with van der Waals surface area (Å²) in [5.74, 6) is -0.603. The Morgan fingerprint density at radius 2 is 2.47 bits per heavy atom. The highest BCUT2D eigenvalue weighted by Crippen LogP contribution is 2.19. The van der Waals surface area contributed by atoms with Crippen LogP contribution in [-0.4, -0.2) is 26.2 Å². The van der Waals surface area contributed by atoms with Crippen molar-refractivity contribution in [3.63, 3.8) is 0 Å². The molecule has 78 valence electrons. The number of hydrogen-bond donors (Lipinski definition) is 0. The minimum Gasteiger partial charge on any atom is -0.550 e. The number of tetrazole rings is 1. The van der Waals surface area contributed by atoms with Gasteiger partial charge in [0, 0.05) is 12.4 Å². The molecular weight excluding hydrogens is 216 g/mol. The molecule has 0 radical (unpaired) electrons. The van der Waals surface area contributed by atoms with Crippen molar-refractivity contribution in [3.8, 4) is 10.7 Å². The summed E-state index contributed by atoms with van der Waals surface area (Å²) >= 11 is 1.51. The summed E-state index contributed by atoms with van der Waals surface area (Å²) in [6, 6.07) is 3.77. The van der Waals surface area contributed by atoms with Gasteiger partial charge >= 0.3 is 0 Å². The van der Waals surface area contributed by atoms with E-state index in [1.807, 2.05) is 17.5 Å². The van der Waals surface area contributed by atoms with E-state index in [2.05, 4.69) is 15.4 Å². The summed E-state index contributed by atoms with van der Waals surface area (Å²) in [6.45, 7) is 0.181. The van der Waals surface area contributed by atoms with Crippen LogP contribution in [0.25, 0.3) is 10.7 Å². The number of carbonyl (C=O) groups is 1. The Kier molecular flexibility index (Phi) is 2.72. The van der Waals surface area contributed by atoms with E-state index in [0.717, 1.165) is 4.88 Å². The van der Waals surface area contributed by atoms with Crippen molar-refractivity contribution in [2.45, 2.75) is 13.0 Å². The number of thiophene rings is 1. The SMILES string of the molecule is O=C([O-])CCn1nnc(-c2cccs2)n1. The van der Waals surface area contributed by atoms with Crippen LogP contribution in [0.5, 0.6) is 0 Å². The second kappa shape index (κ2) is 4.18. The van der Waals surface area contributed by atoms with Crippen LogP contribution in [-0.2, 0) is 11.3 Å². The second-order valence-corrected chi connectivity index (χ2v) is 3.76. The zero-order valence-electron chi connectivity index (χ0n) is 7.66. The van der Waals surface area contributed by atoms with Gasteiger partial charge in [0.25, 0.3) is 0 Å². The molecule has 0 spiro atoms. The maximum absolute atomic E-state index is 10.2. The molecule has 0 aromatic carbocycles. The Morgan fingerprint density at radius 1 is 1.60 bits per heavy atom. The topological polar surface area (TPSA) is 83.7 Å². The standard InChI is InChI=1S/C8H8N4O2S/c13-7(14)3-4-12-10-8(9-11-12)6-2-1-5-15-6/h1-2,5H,3-4H2,(H,13,14)/p-1. The van der Waals surface area contributed by atoms with Gasteiger partial charge in [0.05, 0.1) is 11.4 Å². The first-order valence-corrected chi connectivity index (χ1v) is 5.15. The van der Waals surface area contributed by atoms with E-state index in [1.54, 1.807) is 0 Å². The molecule has 0 unspecified atom stereocenters. The minimum atomic E-state index is -1.12. The van der Waals surface area contributed by atoms with Gasteiger partial charge in [-0.05, 0) is 16.7 Å². The fourth-order valence-corrected chi connectivity index (χ4v) is 1.68. The van der Waals surface area contributed by atoms with Crippen molar-refractivity contribution in [2.24, 2.45) is 0 Å². The maximum Gasteiger partial charge on any atom is 0.214 e. The lowest BCUT2D eigenvalue weighted by Crippen LogP contribution is -2.24. The summed E-state index contributed by atoms with van der Waals surface area (Å²) < 4.78 is 0. The molecule has 0 bridgehead atoms. The van der Waals surface area contributed by atoms with Gasteiger partial charge in [-0.2, -0.15) is 4.80 Å². The average molecular weight is 223 g/mol. The van der Waals surface area contributed by atoms with Crippen molar-refractivity contribution in [1.82, 2.24) is 20.2 Å². The zero-order chi connectivity index (χ0) is 10.7. The summed E-state index contributed by atoms with van der Waals surface area (Å²) in [4.78, 5) is 12.4. The lowest BCUT2D eigenvalue weighted by atomic mass is 10.4. The molecule has 0 N–H and O–H groups in total. The molecule has 6 nitrogen and oxygen atoms in total. The number of carboxylic acid groups (broad SMARTS) is 1. The van der Waals surface area contributed by atoms with Crippen LogP contribution in [0.4, 0.5) is 0 Å². The monoisotopic (exact) mass is 223 g/mol. The molecule has 0 aliphatic rings. The van der Waals surface area contributed by atoms with Gasteiger partial charge in [0.1, 0.15) is 0 Å². The molecule has 0 saturated heterocycles. The third-order valence-electron chi connectivity index (χ3n) is 1.71. The van der Waals surface area contributed by atoms with Crippen LogP contribution < -0.4 is 5.11 Å². The highest BCUT2D eigenvalue weighted by molar-refractivity contribution is 7.13. The zero-order valence-corrected chi connectivity index (χ0v) is 8.48. The Bertz CT molecular complexity index is 451. The van der Waals surface area contributed by atoms with Crippen LogP contribution in [0.3, 0.4) is 0 Å². The molecule has 0 aliphatic heterocycles. The third kappa shape index (κ3) is 2.38. The van der Waals surface area contributed by atoms with Gasteiger partial charge in [-0.15, -0.1) is 21.5 Å². The highest BCUT2D eigenvalue weighted by atomic mass is 32.1. The lowest BCUT2D eigenvalue weighted by Gasteiger charge is -1.98. The van der Waals surface area contributed by atoms with Gasteiger partial charge in [0.15, 0.2) is 0 Å². The van der Waals surface area contributed by atoms with Crippen LogP contribution in [0, 0.1) is 0 Å². The molecule has 7 heteroatoms. The summed E-state index contributed by atoms with van der Waals surface area (Å²) in [5.41, 5.74) is 0. The maximum atomic E-state index is 10.2. The molecule has 0 amide bonds. The molecular formula is C8H7N4O2S-. The van der Waals surface area contributed by atoms with Crippen LogP contribution in [0.1, 0.15) is 6.42 Å². The Balaban J connectivity index is 2.08. The molecule has 0 fully saturated rings. The quantitative estimate of drug-likeness (QED) is 0.700. The predicted molar refractivity (Wildman–Crippen MR) is 50.8 cm³/mol. The molecule has 2 rings (SSSR count). The number of aryl methyl sites for hydroxylation is 1. The summed E-state index contributed by atoms with van der Waals surface area (Å²) in [6.07, 6.45) is -0.111. The van der Waals surface area contributed by atoms with Gasteiger partial charge in [0.2, 0.25) is 5.82 Å². The molecule has 2 aromatic heterocycles. The molecule has 2 aromatic rings. The molecule has 0 aliphatic carbocycles. The van der Waals surface area contributed by atoms with Crippen molar-refractivity contribution in [1.29, 1.82) is 0 Å². The minimum absolute atomic E-state index is 0.111. The fraction of sp³-hybridized carbons (Fsp3) is 0.250. The first-order valence-electron chi connectivity index (χ1n) is 4.27. The summed E-state index contributed by atoms with van der Waals surface area (Å²) in [5, 5.41) is 23.7. The van der Waals surface area contributed by atoms with E-state index in [-0.39, 0.29) is 13.0 Å². The first-order chi connectivity index (χ1) is 7.25. The number of hydrogen-bond acceptors (Lipinski definition) is 6. The second-order valence-electron chi connectivity index (χ2n) is 2.81. The van der Waals surface area contributed by atoms with E-state index < -0.39 is 5.97 Å². The smallest absolute Gasteiger partial charge is 0.214 e. The number of nitrogens with zero attached hydrogens (tertiary/aromatic N) is 4. The Hall–Kier alpha value is -1.76. The highest BCUT2D eigenvalue weighted by Gasteiger charge is 2.05. The van der Waals surface area contributed by atoms with Crippen molar-refractivity contribution >= 4 is 17.3 Å². The fourth-order valence-electron chi connectivity index (χ4n) is 1.03. The van der Waals surface area contributed by atoms with Crippen molar-refractivity contribution in [3.05, 3.63) is 17.5 Å². The third-order valence-corrected chi connectivity index (χ3v) is 2.58. The van der Waals surface area contributed by atoms with E-state index in [0.29, 0.717) is 5.82 Å². The normalized spacial score (nSPS) is 10.4. The van der Waals surface area contributed by atoms with Crippen molar-refractivity contribution < 1.29 is 9.90 Å². The Labute approximate surface area is 89.2 Å². The van der Waals surface area contributed by atoms with Gasteiger partial charge in [-0.25, -0.2) is 0 Å². The largest absolute Gasteiger partial charge is 0.550 e. The van der Waals surface area contributed by atoms with E-state index in [9.17, 15) is 9.90 Å². The predicted octanol–water partition coefficient (Wildman–Crippen LogP) is -0.458. The average Bonchev–Trinajstić information content (AvgIpc) is 2.85. The van der Waals surface area contributed by atoms with Gasteiger partial charge in [-0.3, -0.25) is 0 Å². The number of aromatic nitrogens is 4. The summed E-state index contributed by atoms with van der Waals surface area (Å²) in [7, 11) is 0. The molecule has 0 atom stereocenters. The van der Waals surface area contributed by atoms with E-state index >= 15 is 0 Å². The molecule has 2 heterocycles. The van der Waals surface area contributed by atoms with Gasteiger partial charge < -0.3 is 9.90 Å². The van der Waals surface area contributed by atoms with Gasteiger partial charge in [-0.1, -0.05) is 6.07 Å². The van der Waals surface area contributed by atoms with E-state index in [4.69, 9.17) is 0 Å². The molecule has 0 saturated carbocycles. The first kappa shape index (κ1) is 9.78. The van der Waals surface area contributed by atoms with Crippen LogP contribution in [0.15, 0.2) is 17.5 Å². The number of carboxylic acids is 1. The molecule has 15 heavy (non-hydrogen) atoms. The van der Waals surface area contributed by atoms with Crippen molar-refractivity contribution in [2.75, 3.05) is 0 Å². The number of rotatable bonds is 4.